The number of halogens is 2. The maximum Gasteiger partial charge on any atom is 0.244 e. The van der Waals surface area contributed by atoms with Crippen LogP contribution in [0.5, 0.6) is 0 Å². The molecular formula is C12H14Cl2N2O3S. The van der Waals surface area contributed by atoms with Crippen LogP contribution in [0.15, 0.2) is 23.1 Å². The lowest BCUT2D eigenvalue weighted by atomic mass is 10.1. The van der Waals surface area contributed by atoms with Crippen LogP contribution in [0.2, 0.25) is 10.0 Å². The molecule has 20 heavy (non-hydrogen) atoms. The van der Waals surface area contributed by atoms with E-state index in [1.165, 1.54) is 10.4 Å². The minimum absolute atomic E-state index is 0.0238. The Morgan fingerprint density at radius 2 is 2.15 bits per heavy atom. The molecule has 1 aliphatic heterocycles. The number of nitrogens with zero attached hydrogens (tertiary/aromatic N) is 1. The summed E-state index contributed by atoms with van der Waals surface area (Å²) >= 11 is 11.8. The molecule has 1 N–H and O–H groups in total. The number of nitrogens with one attached hydrogen (secondary N) is 1. The van der Waals surface area contributed by atoms with Gasteiger partial charge in [-0.1, -0.05) is 29.3 Å². The molecule has 1 amide bonds. The van der Waals surface area contributed by atoms with Crippen molar-refractivity contribution < 1.29 is 13.2 Å². The van der Waals surface area contributed by atoms with Gasteiger partial charge in [-0.05, 0) is 24.5 Å². The van der Waals surface area contributed by atoms with Crippen LogP contribution in [-0.4, -0.2) is 38.8 Å². The molecule has 1 saturated heterocycles. The minimum atomic E-state index is -3.65. The van der Waals surface area contributed by atoms with Crippen molar-refractivity contribution in [2.24, 2.45) is 5.92 Å². The number of carbonyl (C=O) groups excluding carboxylic acids is 1. The number of benzene rings is 1. The molecule has 0 saturated carbocycles. The Morgan fingerprint density at radius 1 is 1.40 bits per heavy atom. The third kappa shape index (κ3) is 3.09. The first-order valence-electron chi connectivity index (χ1n) is 6.08. The number of hydrogen-bond donors (Lipinski definition) is 1. The molecular weight excluding hydrogens is 323 g/mol. The summed E-state index contributed by atoms with van der Waals surface area (Å²) in [7, 11) is -3.65. The molecule has 1 aromatic rings. The second-order valence-electron chi connectivity index (χ2n) is 4.60. The third-order valence-electron chi connectivity index (χ3n) is 3.27. The molecule has 1 heterocycles. The maximum atomic E-state index is 12.5. The van der Waals surface area contributed by atoms with Crippen LogP contribution in [0.3, 0.4) is 0 Å². The summed E-state index contributed by atoms with van der Waals surface area (Å²) in [4.78, 5) is 10.3. The topological polar surface area (TPSA) is 66.5 Å². The number of carbonyl (C=O) groups is 1. The van der Waals surface area contributed by atoms with E-state index < -0.39 is 10.0 Å². The van der Waals surface area contributed by atoms with Crippen LogP contribution < -0.4 is 5.32 Å². The summed E-state index contributed by atoms with van der Waals surface area (Å²) in [5, 5.41) is 2.83. The van der Waals surface area contributed by atoms with E-state index in [4.69, 9.17) is 23.2 Å². The molecule has 0 radical (unpaired) electrons. The van der Waals surface area contributed by atoms with Gasteiger partial charge in [-0.25, -0.2) is 8.42 Å². The van der Waals surface area contributed by atoms with Gasteiger partial charge >= 0.3 is 0 Å². The fraction of sp³-hybridized carbons (Fsp3) is 0.417. The first kappa shape index (κ1) is 15.6. The first-order valence-corrected chi connectivity index (χ1v) is 8.27. The molecule has 1 aliphatic rings. The second kappa shape index (κ2) is 6.30. The predicted molar refractivity (Wildman–Crippen MR) is 77.4 cm³/mol. The van der Waals surface area contributed by atoms with E-state index in [1.807, 2.05) is 0 Å². The van der Waals surface area contributed by atoms with Crippen LogP contribution in [0, 0.1) is 5.92 Å². The SMILES string of the molecule is O=CNCC1CCN(S(=O)(=O)c2cccc(Cl)c2Cl)C1. The standard InChI is InChI=1S/C12H14Cl2N2O3S/c13-10-2-1-3-11(12(10)14)20(18,19)16-5-4-9(7-16)6-15-8-17/h1-3,8-9H,4-7H2,(H,15,17). The van der Waals surface area contributed by atoms with Gasteiger partial charge in [0.15, 0.2) is 0 Å². The summed E-state index contributed by atoms with van der Waals surface area (Å²) in [5.74, 6) is 0.118. The molecule has 0 spiro atoms. The molecule has 110 valence electrons. The molecule has 1 fully saturated rings. The van der Waals surface area contributed by atoms with Gasteiger partial charge in [-0.3, -0.25) is 4.79 Å². The number of hydrogen-bond acceptors (Lipinski definition) is 3. The van der Waals surface area contributed by atoms with Crippen molar-refractivity contribution in [1.82, 2.24) is 9.62 Å². The average Bonchev–Trinajstić information content (AvgIpc) is 2.89. The third-order valence-corrected chi connectivity index (χ3v) is 6.11. The van der Waals surface area contributed by atoms with E-state index >= 15 is 0 Å². The van der Waals surface area contributed by atoms with E-state index in [2.05, 4.69) is 5.32 Å². The molecule has 5 nitrogen and oxygen atoms in total. The zero-order valence-electron chi connectivity index (χ0n) is 10.6. The Labute approximate surface area is 127 Å². The van der Waals surface area contributed by atoms with Crippen LogP contribution >= 0.6 is 23.2 Å². The Kier molecular flexibility index (Phi) is 4.90. The van der Waals surface area contributed by atoms with E-state index in [0.717, 1.165) is 0 Å². The van der Waals surface area contributed by atoms with Crippen molar-refractivity contribution in [1.29, 1.82) is 0 Å². The fourth-order valence-corrected chi connectivity index (χ4v) is 4.49. The summed E-state index contributed by atoms with van der Waals surface area (Å²) in [6, 6.07) is 4.55. The van der Waals surface area contributed by atoms with Crippen molar-refractivity contribution in [2.75, 3.05) is 19.6 Å². The summed E-state index contributed by atoms with van der Waals surface area (Å²) < 4.78 is 26.4. The Bertz CT molecular complexity index is 607. The van der Waals surface area contributed by atoms with E-state index in [9.17, 15) is 13.2 Å². The average molecular weight is 337 g/mol. The predicted octanol–water partition coefficient (Wildman–Crippen LogP) is 1.75. The van der Waals surface area contributed by atoms with Crippen molar-refractivity contribution >= 4 is 39.6 Å². The smallest absolute Gasteiger partial charge is 0.244 e. The lowest BCUT2D eigenvalue weighted by molar-refractivity contribution is -0.109. The highest BCUT2D eigenvalue weighted by atomic mass is 35.5. The molecule has 1 unspecified atom stereocenters. The molecule has 8 heteroatoms. The van der Waals surface area contributed by atoms with Crippen molar-refractivity contribution in [2.45, 2.75) is 11.3 Å². The summed E-state index contributed by atoms with van der Waals surface area (Å²) in [6.07, 6.45) is 1.32. The number of amides is 1. The van der Waals surface area contributed by atoms with Crippen LogP contribution in [-0.2, 0) is 14.8 Å². The molecule has 2 rings (SSSR count). The minimum Gasteiger partial charge on any atom is -0.358 e. The summed E-state index contributed by atoms with van der Waals surface area (Å²) in [6.45, 7) is 1.25. The second-order valence-corrected chi connectivity index (χ2v) is 7.29. The Balaban J connectivity index is 2.20. The molecule has 1 aromatic carbocycles. The van der Waals surface area contributed by atoms with Crippen LogP contribution in [0.4, 0.5) is 0 Å². The largest absolute Gasteiger partial charge is 0.358 e. The van der Waals surface area contributed by atoms with Crippen molar-refractivity contribution in [3.63, 3.8) is 0 Å². The van der Waals surface area contributed by atoms with Crippen LogP contribution in [0.1, 0.15) is 6.42 Å². The van der Waals surface area contributed by atoms with Gasteiger partial charge in [-0.15, -0.1) is 0 Å². The summed E-state index contributed by atoms with van der Waals surface area (Å²) in [5.41, 5.74) is 0. The van der Waals surface area contributed by atoms with Crippen molar-refractivity contribution in [3.8, 4) is 0 Å². The van der Waals surface area contributed by atoms with Gasteiger partial charge in [0.1, 0.15) is 4.90 Å². The lowest BCUT2D eigenvalue weighted by Crippen LogP contribution is -2.31. The van der Waals surface area contributed by atoms with Gasteiger partial charge in [-0.2, -0.15) is 4.31 Å². The fourth-order valence-electron chi connectivity index (χ4n) is 2.22. The zero-order chi connectivity index (χ0) is 14.8. The first-order chi connectivity index (χ1) is 9.46. The Morgan fingerprint density at radius 3 is 2.85 bits per heavy atom. The van der Waals surface area contributed by atoms with Gasteiger partial charge < -0.3 is 5.32 Å². The normalized spacial score (nSPS) is 20.0. The molecule has 1 atom stereocenters. The monoisotopic (exact) mass is 336 g/mol. The lowest BCUT2D eigenvalue weighted by Gasteiger charge is -2.17. The maximum absolute atomic E-state index is 12.5. The highest BCUT2D eigenvalue weighted by Crippen LogP contribution is 2.32. The van der Waals surface area contributed by atoms with Gasteiger partial charge in [0, 0.05) is 19.6 Å². The van der Waals surface area contributed by atoms with E-state index in [1.54, 1.807) is 12.1 Å². The van der Waals surface area contributed by atoms with E-state index in [0.29, 0.717) is 32.5 Å². The van der Waals surface area contributed by atoms with E-state index in [-0.39, 0.29) is 20.9 Å². The zero-order valence-corrected chi connectivity index (χ0v) is 12.9. The highest BCUT2D eigenvalue weighted by Gasteiger charge is 2.33. The number of rotatable bonds is 5. The molecule has 0 aromatic heterocycles. The highest BCUT2D eigenvalue weighted by molar-refractivity contribution is 7.89. The molecule has 0 aliphatic carbocycles. The van der Waals surface area contributed by atoms with Crippen LogP contribution in [0.25, 0.3) is 0 Å². The quantitative estimate of drug-likeness (QED) is 0.833. The number of sulfonamides is 1. The van der Waals surface area contributed by atoms with Gasteiger partial charge in [0.25, 0.3) is 0 Å². The molecule has 0 bridgehead atoms. The Hall–Kier alpha value is -0.820. The van der Waals surface area contributed by atoms with Gasteiger partial charge in [0.2, 0.25) is 16.4 Å². The van der Waals surface area contributed by atoms with Crippen molar-refractivity contribution in [3.05, 3.63) is 28.2 Å². The van der Waals surface area contributed by atoms with Gasteiger partial charge in [0.05, 0.1) is 10.0 Å².